The first kappa shape index (κ1) is 73.6. The number of hydrogen-bond acceptors (Lipinski definition) is 18. The van der Waals surface area contributed by atoms with E-state index in [1.807, 2.05) is 30.3 Å². The molecule has 0 N–H and O–H groups in total. The first-order chi connectivity index (χ1) is 46.3. The summed E-state index contributed by atoms with van der Waals surface area (Å²) in [5.41, 5.74) is 12.7. The van der Waals surface area contributed by atoms with Crippen molar-refractivity contribution in [3.8, 4) is 79.4 Å². The van der Waals surface area contributed by atoms with Crippen LogP contribution in [-0.2, 0) is 80.0 Å². The molecule has 98 heavy (non-hydrogen) atoms. The summed E-state index contributed by atoms with van der Waals surface area (Å²) in [5, 5.41) is 0. The van der Waals surface area contributed by atoms with Crippen LogP contribution >= 0.6 is 0 Å². The molecule has 9 rings (SSSR count). The van der Waals surface area contributed by atoms with Crippen molar-refractivity contribution in [2.45, 2.75) is 113 Å². The molecule has 3 aliphatic carbocycles. The summed E-state index contributed by atoms with van der Waals surface area (Å²) in [6, 6.07) is 27.4. The van der Waals surface area contributed by atoms with E-state index in [0.29, 0.717) is 52.2 Å². The summed E-state index contributed by atoms with van der Waals surface area (Å²) in [5.74, 6) is -2.63. The molecular formula is C80H76O18. The number of esters is 9. The number of benzene rings is 6. The van der Waals surface area contributed by atoms with Crippen molar-refractivity contribution in [2.75, 3.05) is 0 Å². The number of carbonyl (C=O) groups excluding carboxylic acids is 9. The topological polar surface area (TPSA) is 237 Å². The second kappa shape index (κ2) is 32.6. The van der Waals surface area contributed by atoms with Gasteiger partial charge in [0.1, 0.15) is 52.1 Å². The Hall–Kier alpha value is -11.8. The summed E-state index contributed by atoms with van der Waals surface area (Å²) in [7, 11) is 0. The first-order valence-corrected chi connectivity index (χ1v) is 31.0. The summed E-state index contributed by atoms with van der Waals surface area (Å²) < 4.78 is 48.9. The van der Waals surface area contributed by atoms with Crippen LogP contribution in [0.1, 0.15) is 114 Å². The zero-order valence-electron chi connectivity index (χ0n) is 56.3. The second-order valence-electron chi connectivity index (χ2n) is 23.8. The predicted octanol–water partition coefficient (Wildman–Crippen LogP) is 15.6. The van der Waals surface area contributed by atoms with E-state index in [1.54, 1.807) is 104 Å². The first-order valence-electron chi connectivity index (χ1n) is 31.0. The predicted molar refractivity (Wildman–Crippen MR) is 371 cm³/mol. The van der Waals surface area contributed by atoms with Crippen LogP contribution in [-0.4, -0.2) is 53.7 Å². The Morgan fingerprint density at radius 2 is 0.633 bits per heavy atom. The van der Waals surface area contributed by atoms with Gasteiger partial charge in [-0.15, -0.1) is 0 Å². The van der Waals surface area contributed by atoms with Gasteiger partial charge < -0.3 is 42.6 Å². The molecular weight excluding hydrogens is 1250 g/mol. The van der Waals surface area contributed by atoms with E-state index in [0.717, 1.165) is 94.7 Å². The highest BCUT2D eigenvalue weighted by molar-refractivity contribution is 5.94. The van der Waals surface area contributed by atoms with Crippen molar-refractivity contribution in [1.29, 1.82) is 0 Å². The molecule has 0 saturated carbocycles. The molecule has 0 radical (unpaired) electrons. The van der Waals surface area contributed by atoms with Gasteiger partial charge in [0.15, 0.2) is 0 Å². The summed E-state index contributed by atoms with van der Waals surface area (Å²) in [6.45, 7) is 44.8. The van der Waals surface area contributed by atoms with Crippen molar-refractivity contribution in [1.82, 2.24) is 0 Å². The monoisotopic (exact) mass is 1320 g/mol. The summed E-state index contributed by atoms with van der Waals surface area (Å²) >= 11 is 0. The maximum Gasteiger partial charge on any atom is 0.338 e. The van der Waals surface area contributed by atoms with Crippen LogP contribution in [0.15, 0.2) is 207 Å². The van der Waals surface area contributed by atoms with Crippen molar-refractivity contribution < 1.29 is 85.8 Å². The molecule has 0 bridgehead atoms. The third-order valence-corrected chi connectivity index (χ3v) is 15.2. The third-order valence-electron chi connectivity index (χ3n) is 15.2. The van der Waals surface area contributed by atoms with Crippen LogP contribution < -0.4 is 37.9 Å². The van der Waals surface area contributed by atoms with Crippen molar-refractivity contribution in [3.63, 3.8) is 0 Å². The number of fused-ring (bicyclic) bond motifs is 3. The lowest BCUT2D eigenvalue weighted by Crippen LogP contribution is -2.11. The van der Waals surface area contributed by atoms with Gasteiger partial charge in [0.05, 0.1) is 0 Å². The maximum atomic E-state index is 12.1. The molecule has 0 aromatic heterocycles. The Bertz CT molecular complexity index is 4290. The lowest BCUT2D eigenvalue weighted by Gasteiger charge is -2.15. The zero-order valence-corrected chi connectivity index (χ0v) is 56.3. The molecule has 0 saturated heterocycles. The number of rotatable bonds is 21. The molecule has 6 aromatic carbocycles. The second-order valence-corrected chi connectivity index (χ2v) is 23.8. The standard InChI is InChI=1S/2C27H26O6.C26H24O6/c1-15(2)25(28)31-19-12-18(13-20(14-19)32-26(29)16(3)4)21-10-11-24(33-27(30)17(5)6)23-9-7-8-22(21)23;1-15(2)25(28)31-19-12-18(13-20(14-19)32-26(29)16(3)4)21-8-7-9-23-22(21)10-11-24(23)33-27(30)17(5)6;1-6-24(27)32-23-11-10-20(21-8-7-9-22(21)23)17-12-18(30-25(28)15(2)3)14-19(13-17)31-26(29)16(4)5/h10-14H,1,3,5,7-9H2,2,4,6H3;7-9,12-14,24H,1,3,5,10-11H2,2,4,6H3;6,10-14H,1-2,4,7-9H2,3,5H3. The van der Waals surface area contributed by atoms with Crippen LogP contribution in [0.4, 0.5) is 0 Å². The normalized spacial score (nSPS) is 12.6. The molecule has 0 aliphatic heterocycles. The lowest BCUT2D eigenvalue weighted by molar-refractivity contribution is -0.144. The number of hydrogen-bond donors (Lipinski definition) is 0. The molecule has 18 heteroatoms. The molecule has 3 aliphatic rings. The van der Waals surface area contributed by atoms with E-state index in [1.165, 1.54) is 18.2 Å². The fourth-order valence-electron chi connectivity index (χ4n) is 10.4. The van der Waals surface area contributed by atoms with Gasteiger partial charge in [-0.2, -0.15) is 0 Å². The van der Waals surface area contributed by atoms with Gasteiger partial charge in [0.2, 0.25) is 0 Å². The largest absolute Gasteiger partial charge is 0.454 e. The Morgan fingerprint density at radius 3 is 0.949 bits per heavy atom. The molecule has 1 unspecified atom stereocenters. The molecule has 0 heterocycles. The summed E-state index contributed by atoms with van der Waals surface area (Å²) in [4.78, 5) is 108. The molecule has 0 fully saturated rings. The number of carbonyl (C=O) groups is 9. The minimum atomic E-state index is -0.589. The highest BCUT2D eigenvalue weighted by Gasteiger charge is 2.30. The van der Waals surface area contributed by atoms with Gasteiger partial charge in [0.25, 0.3) is 0 Å². The molecule has 18 nitrogen and oxygen atoms in total. The quantitative estimate of drug-likeness (QED) is 0.0370. The molecule has 0 spiro atoms. The fraction of sp³-hybridized carbons (Fsp3) is 0.212. The van der Waals surface area contributed by atoms with E-state index in [9.17, 15) is 43.2 Å². The fourth-order valence-corrected chi connectivity index (χ4v) is 10.4. The zero-order chi connectivity index (χ0) is 72.0. The highest BCUT2D eigenvalue weighted by Crippen LogP contribution is 2.45. The van der Waals surface area contributed by atoms with Gasteiger partial charge >= 0.3 is 53.7 Å². The van der Waals surface area contributed by atoms with Crippen LogP contribution in [0.2, 0.25) is 0 Å². The van der Waals surface area contributed by atoms with E-state index in [4.69, 9.17) is 42.6 Å². The van der Waals surface area contributed by atoms with Crippen LogP contribution in [0.25, 0.3) is 33.4 Å². The highest BCUT2D eigenvalue weighted by atomic mass is 16.6. The van der Waals surface area contributed by atoms with Crippen LogP contribution in [0, 0.1) is 0 Å². The lowest BCUT2D eigenvalue weighted by atomic mass is 9.96. The number of ether oxygens (including phenoxy) is 9. The van der Waals surface area contributed by atoms with Crippen molar-refractivity contribution in [2.24, 2.45) is 0 Å². The average molecular weight is 1330 g/mol. The van der Waals surface area contributed by atoms with Crippen LogP contribution in [0.5, 0.6) is 46.0 Å². The Morgan fingerprint density at radius 1 is 0.337 bits per heavy atom. The Labute approximate surface area is 569 Å². The molecule has 0 amide bonds. The molecule has 1 atom stereocenters. The van der Waals surface area contributed by atoms with Crippen molar-refractivity contribution >= 4 is 53.7 Å². The molecule has 6 aromatic rings. The minimum absolute atomic E-state index is 0.214. The Kier molecular flexibility index (Phi) is 24.5. The van der Waals surface area contributed by atoms with E-state index in [2.05, 4.69) is 59.2 Å². The van der Waals surface area contributed by atoms with E-state index >= 15 is 0 Å². The smallest absolute Gasteiger partial charge is 0.338 e. The van der Waals surface area contributed by atoms with Gasteiger partial charge in [-0.05, 0) is 222 Å². The summed E-state index contributed by atoms with van der Waals surface area (Å²) in [6.07, 6.45) is 7.03. The van der Waals surface area contributed by atoms with E-state index < -0.39 is 53.7 Å². The maximum absolute atomic E-state index is 12.1. The SMILES string of the molecule is C=C(C)C(=O)Oc1cc(OC(=O)C(=C)C)cc(-c2ccc(OC(=O)C(=C)C)c3c2CCC3)c1.C=C(C)C(=O)Oc1cc(OC(=O)C(=C)C)cc(-c2cccc3c2CCC3OC(=O)C(=C)C)c1.C=CC(=O)Oc1ccc(-c2cc(OC(=O)C(=C)C)cc(OC(=O)C(=C)C)c2)c2c1CCC2. The van der Waals surface area contributed by atoms with Gasteiger partial charge in [-0.3, -0.25) is 0 Å². The third kappa shape index (κ3) is 19.0. The minimum Gasteiger partial charge on any atom is -0.454 e. The van der Waals surface area contributed by atoms with Crippen molar-refractivity contribution in [3.05, 3.63) is 240 Å². The average Bonchev–Trinajstić information content (AvgIpc) is 1.40. The van der Waals surface area contributed by atoms with E-state index in [-0.39, 0.29) is 74.0 Å². The Balaban J connectivity index is 0.000000207. The van der Waals surface area contributed by atoms with Gasteiger partial charge in [0, 0.05) is 68.9 Å². The molecule has 504 valence electrons. The van der Waals surface area contributed by atoms with Gasteiger partial charge in [-0.25, -0.2) is 43.2 Å². The van der Waals surface area contributed by atoms with Gasteiger partial charge in [-0.1, -0.05) is 89.5 Å². The van der Waals surface area contributed by atoms with Crippen LogP contribution in [0.3, 0.4) is 0 Å².